The van der Waals surface area contributed by atoms with Crippen molar-refractivity contribution < 1.29 is 14.3 Å². The quantitative estimate of drug-likeness (QED) is 0.636. The predicted molar refractivity (Wildman–Crippen MR) is 93.8 cm³/mol. The monoisotopic (exact) mass is 337 g/mol. The Kier molecular flexibility index (Phi) is 7.12. The molecule has 136 valence electrons. The Morgan fingerprint density at radius 1 is 1.46 bits per heavy atom. The van der Waals surface area contributed by atoms with Crippen LogP contribution in [0.3, 0.4) is 0 Å². The molecule has 2 unspecified atom stereocenters. The number of unbranched alkanes of at least 4 members (excludes halogenated alkanes) is 1. The molecule has 3 N–H and O–H groups in total. The van der Waals surface area contributed by atoms with Gasteiger partial charge in [0.1, 0.15) is 11.4 Å². The first-order valence-electron chi connectivity index (χ1n) is 8.98. The molecular weight excluding hydrogens is 306 g/mol. The fourth-order valence-corrected chi connectivity index (χ4v) is 3.14. The van der Waals surface area contributed by atoms with Crippen LogP contribution in [-0.4, -0.2) is 48.8 Å². The van der Waals surface area contributed by atoms with Crippen molar-refractivity contribution in [2.75, 3.05) is 32.7 Å². The second kappa shape index (κ2) is 9.08. The SMILES string of the molecule is CC1CCCN(CCCCNC(=O)NCC(C)(O)c2ccco2)C1. The van der Waals surface area contributed by atoms with E-state index in [1.165, 1.54) is 32.2 Å². The minimum Gasteiger partial charge on any atom is -0.466 e. The van der Waals surface area contributed by atoms with E-state index in [2.05, 4.69) is 22.5 Å². The average Bonchev–Trinajstić information content (AvgIpc) is 3.08. The number of carbonyl (C=O) groups is 1. The molecule has 0 saturated carbocycles. The number of aliphatic hydroxyl groups is 1. The van der Waals surface area contributed by atoms with Crippen molar-refractivity contribution in [1.29, 1.82) is 0 Å². The zero-order valence-electron chi connectivity index (χ0n) is 14.9. The van der Waals surface area contributed by atoms with Gasteiger partial charge in [0.05, 0.1) is 12.8 Å². The fourth-order valence-electron chi connectivity index (χ4n) is 3.14. The summed E-state index contributed by atoms with van der Waals surface area (Å²) in [5.74, 6) is 1.25. The first kappa shape index (κ1) is 18.8. The van der Waals surface area contributed by atoms with Gasteiger partial charge < -0.3 is 25.1 Å². The van der Waals surface area contributed by atoms with Gasteiger partial charge in [0.15, 0.2) is 0 Å². The number of carbonyl (C=O) groups excluding carboxylic acids is 1. The van der Waals surface area contributed by atoms with Crippen molar-refractivity contribution in [2.45, 2.75) is 45.1 Å². The maximum atomic E-state index is 11.8. The van der Waals surface area contributed by atoms with E-state index in [4.69, 9.17) is 4.42 Å². The number of furan rings is 1. The van der Waals surface area contributed by atoms with Gasteiger partial charge in [-0.05, 0) is 63.7 Å². The third-order valence-electron chi connectivity index (χ3n) is 4.57. The standard InChI is InChI=1S/C18H31N3O3/c1-15-7-5-11-21(13-15)10-4-3-9-19-17(22)20-14-18(2,23)16-8-6-12-24-16/h6,8,12,15,23H,3-5,7,9-11,13-14H2,1-2H3,(H2,19,20,22). The van der Waals surface area contributed by atoms with E-state index in [1.54, 1.807) is 19.1 Å². The van der Waals surface area contributed by atoms with Crippen molar-refractivity contribution in [2.24, 2.45) is 5.92 Å². The number of hydrogen-bond donors (Lipinski definition) is 3. The van der Waals surface area contributed by atoms with Gasteiger partial charge >= 0.3 is 6.03 Å². The molecule has 0 radical (unpaired) electrons. The Hall–Kier alpha value is -1.53. The Balaban J connectivity index is 1.53. The Labute approximate surface area is 144 Å². The second-order valence-electron chi connectivity index (χ2n) is 7.12. The third kappa shape index (κ3) is 6.17. The van der Waals surface area contributed by atoms with Crippen molar-refractivity contribution >= 4 is 6.03 Å². The molecule has 6 nitrogen and oxygen atoms in total. The molecule has 0 aliphatic carbocycles. The summed E-state index contributed by atoms with van der Waals surface area (Å²) in [6, 6.07) is 3.15. The lowest BCUT2D eigenvalue weighted by Crippen LogP contribution is -2.43. The molecule has 1 aliphatic rings. The van der Waals surface area contributed by atoms with Gasteiger partial charge in [-0.15, -0.1) is 0 Å². The highest BCUT2D eigenvalue weighted by atomic mass is 16.4. The molecular formula is C18H31N3O3. The number of amides is 2. The smallest absolute Gasteiger partial charge is 0.314 e. The lowest BCUT2D eigenvalue weighted by Gasteiger charge is -2.30. The minimum atomic E-state index is -1.20. The lowest BCUT2D eigenvalue weighted by molar-refractivity contribution is 0.0367. The fraction of sp³-hybridized carbons (Fsp3) is 0.722. The molecule has 0 spiro atoms. The van der Waals surface area contributed by atoms with Crippen molar-refractivity contribution in [3.05, 3.63) is 24.2 Å². The topological polar surface area (TPSA) is 77.7 Å². The summed E-state index contributed by atoms with van der Waals surface area (Å²) in [6.45, 7) is 8.22. The molecule has 24 heavy (non-hydrogen) atoms. The van der Waals surface area contributed by atoms with Gasteiger partial charge in [-0.2, -0.15) is 0 Å². The van der Waals surface area contributed by atoms with Gasteiger partial charge in [-0.3, -0.25) is 0 Å². The zero-order valence-corrected chi connectivity index (χ0v) is 14.9. The predicted octanol–water partition coefficient (Wildman–Crippen LogP) is 2.30. The van der Waals surface area contributed by atoms with E-state index in [1.807, 2.05) is 0 Å². The van der Waals surface area contributed by atoms with Crippen molar-refractivity contribution in [3.8, 4) is 0 Å². The summed E-state index contributed by atoms with van der Waals surface area (Å²) in [4.78, 5) is 14.3. The van der Waals surface area contributed by atoms with Crippen LogP contribution in [0.25, 0.3) is 0 Å². The van der Waals surface area contributed by atoms with Gasteiger partial charge in [0.2, 0.25) is 0 Å². The highest BCUT2D eigenvalue weighted by molar-refractivity contribution is 5.73. The molecule has 0 bridgehead atoms. The van der Waals surface area contributed by atoms with Crippen LogP contribution in [0, 0.1) is 5.92 Å². The molecule has 0 aromatic carbocycles. The minimum absolute atomic E-state index is 0.109. The number of nitrogens with one attached hydrogen (secondary N) is 2. The molecule has 2 amide bonds. The lowest BCUT2D eigenvalue weighted by atomic mass is 10.0. The van der Waals surface area contributed by atoms with Gasteiger partial charge in [0.25, 0.3) is 0 Å². The van der Waals surface area contributed by atoms with E-state index in [-0.39, 0.29) is 12.6 Å². The highest BCUT2D eigenvalue weighted by Gasteiger charge is 2.26. The average molecular weight is 337 g/mol. The molecule has 2 rings (SSSR count). The number of likely N-dealkylation sites (tertiary alicyclic amines) is 1. The number of nitrogens with zero attached hydrogens (tertiary/aromatic N) is 1. The molecule has 2 atom stereocenters. The molecule has 1 aromatic heterocycles. The highest BCUT2D eigenvalue weighted by Crippen LogP contribution is 2.19. The summed E-state index contributed by atoms with van der Waals surface area (Å²) < 4.78 is 5.18. The van der Waals surface area contributed by atoms with Crippen LogP contribution < -0.4 is 10.6 Å². The van der Waals surface area contributed by atoms with Gasteiger partial charge in [0, 0.05) is 13.1 Å². The van der Waals surface area contributed by atoms with Crippen LogP contribution in [0.15, 0.2) is 22.8 Å². The van der Waals surface area contributed by atoms with E-state index < -0.39 is 5.60 Å². The Morgan fingerprint density at radius 2 is 2.29 bits per heavy atom. The Morgan fingerprint density at radius 3 is 3.00 bits per heavy atom. The Bertz CT molecular complexity index is 488. The number of urea groups is 1. The van der Waals surface area contributed by atoms with Crippen molar-refractivity contribution in [3.63, 3.8) is 0 Å². The van der Waals surface area contributed by atoms with Crippen LogP contribution in [0.1, 0.15) is 45.3 Å². The molecule has 6 heteroatoms. The van der Waals surface area contributed by atoms with E-state index in [0.717, 1.165) is 25.3 Å². The molecule has 1 saturated heterocycles. The van der Waals surface area contributed by atoms with Gasteiger partial charge in [-0.1, -0.05) is 6.92 Å². The second-order valence-corrected chi connectivity index (χ2v) is 7.12. The zero-order chi connectivity index (χ0) is 17.4. The van der Waals surface area contributed by atoms with Crippen LogP contribution in [-0.2, 0) is 5.60 Å². The maximum Gasteiger partial charge on any atom is 0.314 e. The first-order valence-corrected chi connectivity index (χ1v) is 8.98. The first-order chi connectivity index (χ1) is 11.5. The maximum absolute atomic E-state index is 11.8. The van der Waals surface area contributed by atoms with Crippen LogP contribution in [0.4, 0.5) is 4.79 Å². The van der Waals surface area contributed by atoms with Crippen LogP contribution in [0.5, 0.6) is 0 Å². The van der Waals surface area contributed by atoms with E-state index in [0.29, 0.717) is 12.3 Å². The summed E-state index contributed by atoms with van der Waals surface area (Å²) in [6.07, 6.45) is 6.22. The summed E-state index contributed by atoms with van der Waals surface area (Å²) in [7, 11) is 0. The third-order valence-corrected chi connectivity index (χ3v) is 4.57. The van der Waals surface area contributed by atoms with E-state index >= 15 is 0 Å². The molecule has 2 heterocycles. The normalized spacial score (nSPS) is 21.2. The number of rotatable bonds is 8. The molecule has 1 aromatic rings. The summed E-state index contributed by atoms with van der Waals surface area (Å²) >= 11 is 0. The van der Waals surface area contributed by atoms with Crippen LogP contribution >= 0.6 is 0 Å². The largest absolute Gasteiger partial charge is 0.466 e. The van der Waals surface area contributed by atoms with Crippen molar-refractivity contribution in [1.82, 2.24) is 15.5 Å². The summed E-state index contributed by atoms with van der Waals surface area (Å²) in [5, 5.41) is 15.8. The van der Waals surface area contributed by atoms with E-state index in [9.17, 15) is 9.90 Å². The summed E-state index contributed by atoms with van der Waals surface area (Å²) in [5.41, 5.74) is -1.20. The molecule has 1 aliphatic heterocycles. The number of piperidine rings is 1. The van der Waals surface area contributed by atoms with Gasteiger partial charge in [-0.25, -0.2) is 4.79 Å². The van der Waals surface area contributed by atoms with Crippen LogP contribution in [0.2, 0.25) is 0 Å². The molecule has 1 fully saturated rings. The number of hydrogen-bond acceptors (Lipinski definition) is 4.